The van der Waals surface area contributed by atoms with Crippen molar-refractivity contribution in [3.05, 3.63) is 24.2 Å². The average Bonchev–Trinajstić information content (AvgIpc) is 3.09. The molecule has 2 aromatic heterocycles. The van der Waals surface area contributed by atoms with Crippen LogP contribution >= 0.6 is 0 Å². The number of aromatic nitrogens is 3. The molecule has 1 saturated carbocycles. The fraction of sp³-hybridized carbons (Fsp3) is 0.529. The maximum absolute atomic E-state index is 11.2. The van der Waals surface area contributed by atoms with E-state index in [9.17, 15) is 18.0 Å². The van der Waals surface area contributed by atoms with E-state index in [0.717, 1.165) is 32.6 Å². The molecule has 2 aliphatic rings. The molecule has 12 heteroatoms. The minimum atomic E-state index is -5.08. The minimum Gasteiger partial charge on any atom is -0.477 e. The summed E-state index contributed by atoms with van der Waals surface area (Å²) in [7, 11) is 0. The van der Waals surface area contributed by atoms with E-state index in [1.165, 1.54) is 12.5 Å². The predicted octanol–water partition coefficient (Wildman–Crippen LogP) is 2.29. The van der Waals surface area contributed by atoms with Crippen molar-refractivity contribution in [1.82, 2.24) is 14.4 Å². The number of nitrogens with zero attached hydrogens (tertiary/aromatic N) is 3. The second-order valence-electron chi connectivity index (χ2n) is 6.99. The van der Waals surface area contributed by atoms with Crippen molar-refractivity contribution >= 4 is 23.5 Å². The van der Waals surface area contributed by atoms with Crippen LogP contribution in [0.1, 0.15) is 29.8 Å². The molecular weight excluding hydrogens is 397 g/mol. The Kier molecular flexibility index (Phi) is 5.64. The van der Waals surface area contributed by atoms with Crippen LogP contribution in [0.25, 0.3) is 5.65 Å². The number of hydrogen-bond donors (Lipinski definition) is 3. The van der Waals surface area contributed by atoms with Gasteiger partial charge in [0.2, 0.25) is 5.95 Å². The van der Waals surface area contributed by atoms with Gasteiger partial charge in [0.15, 0.2) is 5.69 Å². The zero-order valence-corrected chi connectivity index (χ0v) is 15.1. The van der Waals surface area contributed by atoms with Crippen LogP contribution in [0.5, 0.6) is 0 Å². The second-order valence-corrected chi connectivity index (χ2v) is 6.99. The molecule has 3 heterocycles. The van der Waals surface area contributed by atoms with Crippen molar-refractivity contribution in [2.75, 3.05) is 25.1 Å². The minimum absolute atomic E-state index is 0.0118. The summed E-state index contributed by atoms with van der Waals surface area (Å²) in [5.41, 5.74) is 1.04. The molecule has 29 heavy (non-hydrogen) atoms. The summed E-state index contributed by atoms with van der Waals surface area (Å²) in [5.74, 6) is -2.64. The Labute approximate surface area is 162 Å². The zero-order chi connectivity index (χ0) is 21.2. The van der Waals surface area contributed by atoms with Gasteiger partial charge in [-0.2, -0.15) is 13.2 Å². The number of aliphatic carboxylic acids is 1. The number of imidazole rings is 1. The summed E-state index contributed by atoms with van der Waals surface area (Å²) in [5, 5.41) is 19.6. The number of carboxylic acid groups (broad SMARTS) is 2. The van der Waals surface area contributed by atoms with Gasteiger partial charge in [-0.1, -0.05) is 0 Å². The molecule has 1 spiro atoms. The Hall–Kier alpha value is -2.89. The third-order valence-corrected chi connectivity index (χ3v) is 5.21. The van der Waals surface area contributed by atoms with Gasteiger partial charge < -0.3 is 20.3 Å². The number of fused-ring (bicyclic) bond motifs is 1. The standard InChI is InChI=1S/C15H18N4O3.C2HF3O2/c20-13(21)11-7-12-16-3-4-19(12)14(18-11)17-9-10-8-15(10)1-5-22-6-2-15;3-2(4,5)1(6)7/h3-4,7,10H,1-2,5-6,8-9H2,(H,17,18)(H,20,21);(H,6,7). The number of carboxylic acids is 2. The number of anilines is 1. The van der Waals surface area contributed by atoms with Crippen molar-refractivity contribution in [2.45, 2.75) is 25.4 Å². The molecule has 0 radical (unpaired) electrons. The van der Waals surface area contributed by atoms with Crippen molar-refractivity contribution in [3.8, 4) is 0 Å². The number of hydrogen-bond acceptors (Lipinski definition) is 6. The van der Waals surface area contributed by atoms with Crippen molar-refractivity contribution in [1.29, 1.82) is 0 Å². The summed E-state index contributed by atoms with van der Waals surface area (Å²) >= 11 is 0. The number of aromatic carboxylic acids is 1. The van der Waals surface area contributed by atoms with E-state index in [0.29, 0.717) is 22.9 Å². The van der Waals surface area contributed by atoms with Crippen molar-refractivity contribution < 1.29 is 37.7 Å². The molecule has 3 N–H and O–H groups in total. The maximum Gasteiger partial charge on any atom is 0.490 e. The lowest BCUT2D eigenvalue weighted by Crippen LogP contribution is -2.21. The fourth-order valence-corrected chi connectivity index (χ4v) is 3.48. The third-order valence-electron chi connectivity index (χ3n) is 5.21. The highest BCUT2D eigenvalue weighted by molar-refractivity contribution is 5.87. The van der Waals surface area contributed by atoms with Crippen LogP contribution in [0, 0.1) is 11.3 Å². The first-order chi connectivity index (χ1) is 13.6. The molecule has 1 saturated heterocycles. The normalized spacial score (nSPS) is 20.0. The van der Waals surface area contributed by atoms with Crippen LogP contribution in [0.15, 0.2) is 18.5 Å². The summed E-state index contributed by atoms with van der Waals surface area (Å²) in [4.78, 5) is 28.4. The molecule has 0 amide bonds. The van der Waals surface area contributed by atoms with Gasteiger partial charge in [-0.25, -0.2) is 19.6 Å². The summed E-state index contributed by atoms with van der Waals surface area (Å²) in [6.07, 6.45) is 1.82. The number of ether oxygens (including phenoxy) is 1. The van der Waals surface area contributed by atoms with Crippen LogP contribution in [0.3, 0.4) is 0 Å². The van der Waals surface area contributed by atoms with E-state index in [2.05, 4.69) is 15.3 Å². The highest BCUT2D eigenvalue weighted by Crippen LogP contribution is 2.58. The van der Waals surface area contributed by atoms with Gasteiger partial charge in [-0.05, 0) is 30.6 Å². The zero-order valence-electron chi connectivity index (χ0n) is 15.1. The van der Waals surface area contributed by atoms with Gasteiger partial charge in [-0.15, -0.1) is 0 Å². The quantitative estimate of drug-likeness (QED) is 0.693. The summed E-state index contributed by atoms with van der Waals surface area (Å²) < 4.78 is 39.0. The van der Waals surface area contributed by atoms with Crippen LogP contribution in [-0.4, -0.2) is 62.5 Å². The molecule has 0 bridgehead atoms. The summed E-state index contributed by atoms with van der Waals surface area (Å²) in [6.45, 7) is 2.52. The Bertz CT molecular complexity index is 908. The monoisotopic (exact) mass is 416 g/mol. The number of rotatable bonds is 4. The smallest absolute Gasteiger partial charge is 0.477 e. The van der Waals surface area contributed by atoms with Crippen LogP contribution in [0.4, 0.5) is 19.1 Å². The lowest BCUT2D eigenvalue weighted by Gasteiger charge is -2.23. The van der Waals surface area contributed by atoms with Gasteiger partial charge in [0.05, 0.1) is 0 Å². The Balaban J connectivity index is 0.000000298. The van der Waals surface area contributed by atoms with Gasteiger partial charge in [0.1, 0.15) is 5.65 Å². The van der Waals surface area contributed by atoms with Gasteiger partial charge >= 0.3 is 18.1 Å². The molecule has 1 unspecified atom stereocenters. The van der Waals surface area contributed by atoms with E-state index >= 15 is 0 Å². The van der Waals surface area contributed by atoms with Crippen LogP contribution < -0.4 is 5.32 Å². The van der Waals surface area contributed by atoms with Gasteiger partial charge in [-0.3, -0.25) is 4.40 Å². The maximum atomic E-state index is 11.2. The largest absolute Gasteiger partial charge is 0.490 e. The summed E-state index contributed by atoms with van der Waals surface area (Å²) in [6, 6.07) is 1.48. The number of carbonyl (C=O) groups is 2. The molecule has 0 aromatic carbocycles. The Morgan fingerprint density at radius 3 is 2.55 bits per heavy atom. The predicted molar refractivity (Wildman–Crippen MR) is 92.7 cm³/mol. The molecule has 4 rings (SSSR count). The Morgan fingerprint density at radius 2 is 1.97 bits per heavy atom. The molecule has 158 valence electrons. The average molecular weight is 416 g/mol. The van der Waals surface area contributed by atoms with Gasteiger partial charge in [0.25, 0.3) is 0 Å². The molecule has 9 nitrogen and oxygen atoms in total. The SMILES string of the molecule is O=C(O)C(F)(F)F.O=C(O)c1cc2nccn2c(NCC2CC23CCOCC3)n1. The first-order valence-corrected chi connectivity index (χ1v) is 8.81. The first-order valence-electron chi connectivity index (χ1n) is 8.81. The second kappa shape index (κ2) is 7.85. The van der Waals surface area contributed by atoms with Crippen LogP contribution in [-0.2, 0) is 9.53 Å². The topological polar surface area (TPSA) is 126 Å². The van der Waals surface area contributed by atoms with E-state index < -0.39 is 18.1 Å². The molecule has 2 aromatic rings. The molecule has 2 fully saturated rings. The van der Waals surface area contributed by atoms with E-state index in [-0.39, 0.29) is 5.69 Å². The first kappa shape index (κ1) is 20.8. The van der Waals surface area contributed by atoms with E-state index in [1.54, 1.807) is 16.8 Å². The molecule has 1 atom stereocenters. The van der Waals surface area contributed by atoms with E-state index in [4.69, 9.17) is 19.7 Å². The van der Waals surface area contributed by atoms with Gasteiger partial charge in [0, 0.05) is 38.2 Å². The molecular formula is C17H19F3N4O5. The van der Waals surface area contributed by atoms with E-state index in [1.807, 2.05) is 0 Å². The lowest BCUT2D eigenvalue weighted by molar-refractivity contribution is -0.192. The van der Waals surface area contributed by atoms with Crippen molar-refractivity contribution in [3.63, 3.8) is 0 Å². The molecule has 1 aliphatic heterocycles. The highest BCUT2D eigenvalue weighted by Gasteiger charge is 2.53. The highest BCUT2D eigenvalue weighted by atomic mass is 19.4. The number of nitrogens with one attached hydrogen (secondary N) is 1. The third kappa shape index (κ3) is 4.75. The van der Waals surface area contributed by atoms with Crippen molar-refractivity contribution in [2.24, 2.45) is 11.3 Å². The Morgan fingerprint density at radius 1 is 1.31 bits per heavy atom. The number of halogens is 3. The molecule has 1 aliphatic carbocycles. The number of alkyl halides is 3. The lowest BCUT2D eigenvalue weighted by atomic mass is 9.94. The fourth-order valence-electron chi connectivity index (χ4n) is 3.48. The van der Waals surface area contributed by atoms with Crippen LogP contribution in [0.2, 0.25) is 0 Å².